The second-order valence-electron chi connectivity index (χ2n) is 11.0. The van der Waals surface area contributed by atoms with E-state index >= 15 is 0 Å². The molecule has 0 aliphatic rings. The third-order valence-electron chi connectivity index (χ3n) is 3.73. The minimum absolute atomic E-state index is 0. The van der Waals surface area contributed by atoms with Gasteiger partial charge in [-0.3, -0.25) is 0 Å². The Hall–Kier alpha value is 2.08. The molecule has 0 saturated carbocycles. The van der Waals surface area contributed by atoms with Crippen LogP contribution in [0.15, 0.2) is 0 Å². The van der Waals surface area contributed by atoms with E-state index in [1.165, 1.54) is 0 Å². The average Bonchev–Trinajstić information content (AvgIpc) is 3.06. The first-order valence-corrected chi connectivity index (χ1v) is 16.5. The first-order chi connectivity index (χ1) is 11.4. The van der Waals surface area contributed by atoms with Crippen molar-refractivity contribution in [1.82, 2.24) is 0 Å². The van der Waals surface area contributed by atoms with Crippen LogP contribution in [0.25, 0.3) is 0 Å². The molecular formula is C20H38P6Sn. The molecule has 0 spiro atoms. The van der Waals surface area contributed by atoms with Crippen LogP contribution in [-0.2, 0) is 21.7 Å². The van der Waals surface area contributed by atoms with E-state index in [9.17, 15) is 0 Å². The van der Waals surface area contributed by atoms with E-state index in [0.717, 1.165) is 15.7 Å². The van der Waals surface area contributed by atoms with Crippen LogP contribution in [0, 0.1) is 0 Å². The number of hydrogen-bond donors (Lipinski definition) is 0. The van der Waals surface area contributed by atoms with E-state index < -0.39 is 0 Å². The molecule has 2 aromatic heterocycles. The molecule has 0 aliphatic carbocycles. The molecule has 2 unspecified atom stereocenters. The maximum Gasteiger partial charge on any atom is 0.0163 e. The minimum atomic E-state index is 0. The zero-order valence-electron chi connectivity index (χ0n) is 19.3. The molecule has 0 bridgehead atoms. The third kappa shape index (κ3) is 9.83. The van der Waals surface area contributed by atoms with E-state index in [4.69, 9.17) is 0 Å². The van der Waals surface area contributed by atoms with E-state index in [2.05, 4.69) is 83.1 Å². The number of rotatable bonds is 0. The Morgan fingerprint density at radius 2 is 0.741 bits per heavy atom. The Balaban J connectivity index is 0.000000483. The topological polar surface area (TPSA) is 0 Å². The summed E-state index contributed by atoms with van der Waals surface area (Å²) in [4.78, 5) is 0. The van der Waals surface area contributed by atoms with Crippen LogP contribution in [0.1, 0.15) is 103 Å². The summed E-state index contributed by atoms with van der Waals surface area (Å²) in [7, 11) is 8.35. The Morgan fingerprint density at radius 1 is 0.481 bits per heavy atom. The fourth-order valence-electron chi connectivity index (χ4n) is 1.87. The van der Waals surface area contributed by atoms with Crippen LogP contribution in [0.3, 0.4) is 0 Å². The zero-order valence-corrected chi connectivity index (χ0v) is 27.7. The van der Waals surface area contributed by atoms with Gasteiger partial charge < -0.3 is 0 Å². The predicted octanol–water partition coefficient (Wildman–Crippen LogP) is 10.6. The molecule has 0 saturated heterocycles. The standard InChI is InChI=1S/2C10H19P3.Sn/c2*1-9(2,3)7-11-8(13-12-7)10(4,5)6;/h2*12H,1-6H3;. The van der Waals surface area contributed by atoms with Crippen molar-refractivity contribution >= 4 is 71.8 Å². The molecule has 152 valence electrons. The Labute approximate surface area is 195 Å². The van der Waals surface area contributed by atoms with Gasteiger partial charge in [0, 0.05) is 44.0 Å². The fourth-order valence-corrected chi connectivity index (χ4v) is 16.9. The van der Waals surface area contributed by atoms with Crippen LogP contribution < -0.4 is 0 Å². The number of hydrogen-bond acceptors (Lipinski definition) is 0. The van der Waals surface area contributed by atoms with Gasteiger partial charge in [0.1, 0.15) is 0 Å². The summed E-state index contributed by atoms with van der Waals surface area (Å²) in [6, 6.07) is 0. The molecule has 0 aliphatic heterocycles. The largest absolute Gasteiger partial charge is 0.101 e. The summed E-state index contributed by atoms with van der Waals surface area (Å²) < 4.78 is 0. The smallest absolute Gasteiger partial charge is 0.0163 e. The molecule has 7 heteroatoms. The van der Waals surface area contributed by atoms with Crippen molar-refractivity contribution in [3.8, 4) is 0 Å². The molecule has 2 atom stereocenters. The first kappa shape index (κ1) is 29.1. The summed E-state index contributed by atoms with van der Waals surface area (Å²) >= 11 is 0. The van der Waals surface area contributed by atoms with Crippen molar-refractivity contribution in [3.63, 3.8) is 0 Å². The van der Waals surface area contributed by atoms with E-state index in [1.54, 1.807) is 52.2 Å². The van der Waals surface area contributed by atoms with Crippen LogP contribution >= 0.6 is 47.9 Å². The Morgan fingerprint density at radius 3 is 0.852 bits per heavy atom. The molecule has 0 N–H and O–H groups in total. The van der Waals surface area contributed by atoms with Crippen LogP contribution in [0.4, 0.5) is 0 Å². The van der Waals surface area contributed by atoms with E-state index in [1.807, 2.05) is 0 Å². The molecule has 2 heterocycles. The van der Waals surface area contributed by atoms with Gasteiger partial charge in [-0.05, 0) is 37.4 Å². The van der Waals surface area contributed by atoms with Crippen molar-refractivity contribution in [2.75, 3.05) is 0 Å². The van der Waals surface area contributed by atoms with Crippen molar-refractivity contribution < 1.29 is 0 Å². The summed E-state index contributed by atoms with van der Waals surface area (Å²) in [5.74, 6) is 0. The fraction of sp³-hybridized carbons (Fsp3) is 0.800. The predicted molar refractivity (Wildman–Crippen MR) is 142 cm³/mol. The summed E-state index contributed by atoms with van der Waals surface area (Å²) in [6.07, 6.45) is 0. The van der Waals surface area contributed by atoms with Crippen molar-refractivity contribution in [2.24, 2.45) is 0 Å². The maximum atomic E-state index is 2.34. The molecule has 2 rings (SSSR count). The van der Waals surface area contributed by atoms with Gasteiger partial charge in [0.15, 0.2) is 0 Å². The van der Waals surface area contributed by atoms with Gasteiger partial charge in [-0.2, -0.15) is 0 Å². The van der Waals surface area contributed by atoms with Crippen molar-refractivity contribution in [3.05, 3.63) is 20.1 Å². The van der Waals surface area contributed by atoms with E-state index in [0.29, 0.717) is 21.7 Å². The van der Waals surface area contributed by atoms with Gasteiger partial charge >= 0.3 is 0 Å². The van der Waals surface area contributed by atoms with Crippen LogP contribution in [-0.4, -0.2) is 23.9 Å². The molecular weight excluding hydrogens is 545 g/mol. The molecule has 0 aromatic carbocycles. The summed E-state index contributed by atoms with van der Waals surface area (Å²) in [5.41, 5.74) is 1.65. The summed E-state index contributed by atoms with van der Waals surface area (Å²) in [6.45, 7) is 28.0. The van der Waals surface area contributed by atoms with Gasteiger partial charge in [0.25, 0.3) is 0 Å². The zero-order chi connectivity index (χ0) is 20.6. The second-order valence-corrected chi connectivity index (χ2v) is 20.3. The molecule has 0 fully saturated rings. The minimum Gasteiger partial charge on any atom is -0.101 e. The molecule has 0 nitrogen and oxygen atoms in total. The van der Waals surface area contributed by atoms with Crippen LogP contribution in [0.5, 0.6) is 0 Å². The van der Waals surface area contributed by atoms with E-state index in [-0.39, 0.29) is 23.9 Å². The molecule has 4 radical (unpaired) electrons. The SMILES string of the molecule is CC(C)(C)c1p[pH]c(C(C)(C)C)p1.CC(C)(C)c1p[pH]c(C(C)(C)C)p1.[Sn]. The molecule has 27 heavy (non-hydrogen) atoms. The van der Waals surface area contributed by atoms with Crippen molar-refractivity contribution in [2.45, 2.75) is 105 Å². The summed E-state index contributed by atoms with van der Waals surface area (Å²) in [5, 5.41) is 6.88. The van der Waals surface area contributed by atoms with Crippen LogP contribution in [0.2, 0.25) is 0 Å². The third-order valence-corrected chi connectivity index (χ3v) is 19.3. The monoisotopic (exact) mass is 584 g/mol. The molecule has 2 aromatic rings. The quantitative estimate of drug-likeness (QED) is 0.271. The van der Waals surface area contributed by atoms with Gasteiger partial charge in [0.05, 0.1) is 0 Å². The molecule has 0 amide bonds. The average molecular weight is 583 g/mol. The van der Waals surface area contributed by atoms with Crippen molar-refractivity contribution in [1.29, 1.82) is 0 Å². The van der Waals surface area contributed by atoms with Gasteiger partial charge in [0.2, 0.25) is 0 Å². The first-order valence-electron chi connectivity index (χ1n) is 9.29. The Bertz CT molecular complexity index is 583. The van der Waals surface area contributed by atoms with Gasteiger partial charge in [-0.1, -0.05) is 99.5 Å². The second kappa shape index (κ2) is 10.6. The van der Waals surface area contributed by atoms with Gasteiger partial charge in [-0.25, -0.2) is 0 Å². The Kier molecular flexibility index (Phi) is 11.4. The van der Waals surface area contributed by atoms with Gasteiger partial charge in [-0.15, -0.1) is 15.7 Å². The maximum absolute atomic E-state index is 2.34. The normalized spacial score (nSPS) is 14.7.